The van der Waals surface area contributed by atoms with Crippen molar-refractivity contribution in [1.29, 1.82) is 0 Å². The Bertz CT molecular complexity index is 1710. The van der Waals surface area contributed by atoms with Gasteiger partial charge in [-0.15, -0.1) is 0 Å². The Hall–Kier alpha value is -4.10. The van der Waals surface area contributed by atoms with E-state index in [4.69, 9.17) is 25.8 Å². The van der Waals surface area contributed by atoms with E-state index < -0.39 is 23.9 Å². The third-order valence-corrected chi connectivity index (χ3v) is 8.24. The van der Waals surface area contributed by atoms with Crippen LogP contribution in [0.3, 0.4) is 0 Å². The number of methoxy groups -OCH3 is 1. The fourth-order valence-corrected chi connectivity index (χ4v) is 5.44. The number of nitrogens with one attached hydrogen (secondary N) is 1. The number of ether oxygens (including phenoxy) is 3. The first-order valence-electron chi connectivity index (χ1n) is 14.8. The van der Waals surface area contributed by atoms with Crippen LogP contribution >= 0.6 is 24.4 Å². The first-order valence-corrected chi connectivity index (χ1v) is 15.5. The fourth-order valence-electron chi connectivity index (χ4n) is 5.12. The fraction of sp³-hybridized carbons (Fsp3) is 0.303. The molecule has 3 amide bonds. The summed E-state index contributed by atoms with van der Waals surface area (Å²) in [5.41, 5.74) is 1.14. The maximum absolute atomic E-state index is 15.2. The van der Waals surface area contributed by atoms with Gasteiger partial charge in [-0.25, -0.2) is 13.5 Å². The number of halogens is 2. The number of hydrogen-bond acceptors (Lipinski definition) is 9. The van der Waals surface area contributed by atoms with E-state index >= 15 is 4.39 Å². The van der Waals surface area contributed by atoms with Crippen molar-refractivity contribution in [2.75, 3.05) is 38.7 Å². The zero-order chi connectivity index (χ0) is 32.6. The van der Waals surface area contributed by atoms with Crippen molar-refractivity contribution in [3.8, 4) is 23.0 Å². The number of pyridine rings is 1. The van der Waals surface area contributed by atoms with E-state index in [0.29, 0.717) is 49.6 Å². The quantitative estimate of drug-likeness (QED) is 0.155. The van der Waals surface area contributed by atoms with E-state index in [-0.39, 0.29) is 24.5 Å². The standard InChI is InChI=1S/C33H34ClFN4O6S/c1-43-30-17-24-27(18-31(30)44-20-23(40)19-38-13-5-2-6-14-38)36-12-11-28(24)45-29-10-9-22(16-26(29)35)37-33(42)39(46)32(41)15-21-7-3-4-8-25(21)34/h3-4,7-12,16-18,23,40,46H,2,5-6,13-15,19-20H2,1H3,(H,37,42). The van der Waals surface area contributed by atoms with Gasteiger partial charge in [0.15, 0.2) is 23.1 Å². The van der Waals surface area contributed by atoms with E-state index in [1.165, 1.54) is 31.9 Å². The van der Waals surface area contributed by atoms with E-state index in [1.807, 2.05) is 0 Å². The van der Waals surface area contributed by atoms with Gasteiger partial charge in [0.1, 0.15) is 18.5 Å². The molecular formula is C33H34ClFN4O6S. The SMILES string of the molecule is COc1cc2c(Oc3ccc(NC(=O)N(S)C(=O)Cc4ccccc4Cl)cc3F)ccnc2cc1OCC(O)CN1CCCCC1. The van der Waals surface area contributed by atoms with Crippen LogP contribution in [0.15, 0.2) is 66.9 Å². The highest BCUT2D eigenvalue weighted by molar-refractivity contribution is 7.79. The van der Waals surface area contributed by atoms with Gasteiger partial charge in [-0.05, 0) is 61.8 Å². The number of thiol groups is 1. The average Bonchev–Trinajstić information content (AvgIpc) is 3.05. The number of benzene rings is 3. The molecule has 1 unspecified atom stereocenters. The summed E-state index contributed by atoms with van der Waals surface area (Å²) in [5, 5.41) is 13.9. The minimum atomic E-state index is -0.863. The van der Waals surface area contributed by atoms with Crippen molar-refractivity contribution in [3.05, 3.63) is 83.3 Å². The number of hydrogen-bond donors (Lipinski definition) is 3. The molecule has 1 fully saturated rings. The van der Waals surface area contributed by atoms with Crippen LogP contribution in [-0.4, -0.2) is 70.7 Å². The monoisotopic (exact) mass is 668 g/mol. The third kappa shape index (κ3) is 8.38. The molecule has 0 spiro atoms. The second kappa shape index (κ2) is 15.5. The van der Waals surface area contributed by atoms with Crippen LogP contribution in [0.4, 0.5) is 14.9 Å². The molecule has 46 heavy (non-hydrogen) atoms. The predicted octanol–water partition coefficient (Wildman–Crippen LogP) is 6.50. The van der Waals surface area contributed by atoms with Crippen molar-refractivity contribution < 1.29 is 33.3 Å². The smallest absolute Gasteiger partial charge is 0.338 e. The highest BCUT2D eigenvalue weighted by Crippen LogP contribution is 2.38. The third-order valence-electron chi connectivity index (χ3n) is 7.47. The van der Waals surface area contributed by atoms with Crippen LogP contribution < -0.4 is 19.5 Å². The van der Waals surface area contributed by atoms with Gasteiger partial charge >= 0.3 is 6.03 Å². The summed E-state index contributed by atoms with van der Waals surface area (Å²) in [7, 11) is 1.50. The molecular weight excluding hydrogens is 635 g/mol. The molecule has 13 heteroatoms. The molecule has 1 aliphatic heterocycles. The van der Waals surface area contributed by atoms with E-state index in [9.17, 15) is 14.7 Å². The van der Waals surface area contributed by atoms with Crippen LogP contribution in [0.2, 0.25) is 5.02 Å². The van der Waals surface area contributed by atoms with Crippen LogP contribution in [0.5, 0.6) is 23.0 Å². The second-order valence-corrected chi connectivity index (χ2v) is 11.6. The van der Waals surface area contributed by atoms with Crippen molar-refractivity contribution in [1.82, 2.24) is 14.2 Å². The molecule has 0 bridgehead atoms. The van der Waals surface area contributed by atoms with Crippen LogP contribution in [0.1, 0.15) is 24.8 Å². The second-order valence-electron chi connectivity index (χ2n) is 10.8. The summed E-state index contributed by atoms with van der Waals surface area (Å²) < 4.78 is 33.1. The van der Waals surface area contributed by atoms with Crippen molar-refractivity contribution in [2.24, 2.45) is 0 Å². The zero-order valence-electron chi connectivity index (χ0n) is 25.1. The maximum atomic E-state index is 15.2. The largest absolute Gasteiger partial charge is 0.493 e. The molecule has 4 aromatic rings. The number of β-amino-alcohol motifs (C(OH)–C–C–N with tert-alkyl or cyclic N) is 1. The van der Waals surface area contributed by atoms with Crippen molar-refractivity contribution in [3.63, 3.8) is 0 Å². The lowest BCUT2D eigenvalue weighted by molar-refractivity contribution is -0.123. The number of amides is 3. The summed E-state index contributed by atoms with van der Waals surface area (Å²) in [4.78, 5) is 31.8. The molecule has 1 atom stereocenters. The summed E-state index contributed by atoms with van der Waals surface area (Å²) in [6, 6.07) is 14.7. The minimum absolute atomic E-state index is 0.0865. The van der Waals surface area contributed by atoms with Crippen LogP contribution in [0, 0.1) is 5.82 Å². The van der Waals surface area contributed by atoms with Gasteiger partial charge in [0.2, 0.25) is 5.91 Å². The number of aliphatic hydroxyl groups is 1. The number of anilines is 1. The summed E-state index contributed by atoms with van der Waals surface area (Å²) in [6.07, 6.45) is 4.20. The van der Waals surface area contributed by atoms with Gasteiger partial charge in [-0.3, -0.25) is 9.78 Å². The lowest BCUT2D eigenvalue weighted by Gasteiger charge is -2.28. The molecule has 1 aromatic heterocycles. The van der Waals surface area contributed by atoms with E-state index in [2.05, 4.69) is 28.0 Å². The molecule has 10 nitrogen and oxygen atoms in total. The lowest BCUT2D eigenvalue weighted by Crippen LogP contribution is -2.38. The van der Waals surface area contributed by atoms with Crippen molar-refractivity contribution >= 4 is 52.9 Å². The number of imide groups is 1. The highest BCUT2D eigenvalue weighted by atomic mass is 35.5. The Morgan fingerprint density at radius 3 is 2.59 bits per heavy atom. The molecule has 2 N–H and O–H groups in total. The molecule has 0 saturated carbocycles. The molecule has 1 aliphatic rings. The Labute approximate surface area is 276 Å². The molecule has 2 heterocycles. The number of aromatic nitrogens is 1. The summed E-state index contributed by atoms with van der Waals surface area (Å²) in [6.45, 7) is 2.57. The van der Waals surface area contributed by atoms with Gasteiger partial charge in [0.05, 0.1) is 19.0 Å². The lowest BCUT2D eigenvalue weighted by atomic mass is 10.1. The van der Waals surface area contributed by atoms with Gasteiger partial charge in [-0.2, -0.15) is 0 Å². The zero-order valence-corrected chi connectivity index (χ0v) is 26.8. The molecule has 3 aromatic carbocycles. The number of likely N-dealkylation sites (tertiary alicyclic amines) is 1. The summed E-state index contributed by atoms with van der Waals surface area (Å²) >= 11 is 10.1. The number of piperidine rings is 1. The normalized spacial score (nSPS) is 14.0. The Kier molecular flexibility index (Phi) is 11.2. The van der Waals surface area contributed by atoms with Gasteiger partial charge in [0.25, 0.3) is 0 Å². The number of aliphatic hydroxyl groups excluding tert-OH is 1. The molecule has 242 valence electrons. The number of carbonyl (C=O) groups excluding carboxylic acids is 2. The number of nitrogens with zero attached hydrogens (tertiary/aromatic N) is 3. The van der Waals surface area contributed by atoms with Gasteiger partial charge in [0, 0.05) is 41.0 Å². The number of urea groups is 1. The predicted molar refractivity (Wildman–Crippen MR) is 177 cm³/mol. The average molecular weight is 669 g/mol. The highest BCUT2D eigenvalue weighted by Gasteiger charge is 2.21. The van der Waals surface area contributed by atoms with Crippen LogP contribution in [0.25, 0.3) is 10.9 Å². The molecule has 0 radical (unpaired) electrons. The summed E-state index contributed by atoms with van der Waals surface area (Å²) in [5.74, 6) is -0.366. The Morgan fingerprint density at radius 1 is 1.07 bits per heavy atom. The Balaban J connectivity index is 1.24. The maximum Gasteiger partial charge on any atom is 0.338 e. The first kappa shape index (κ1) is 33.3. The first-order chi connectivity index (χ1) is 22.2. The minimum Gasteiger partial charge on any atom is -0.493 e. The van der Waals surface area contributed by atoms with Gasteiger partial charge < -0.3 is 29.5 Å². The topological polar surface area (TPSA) is 113 Å². The Morgan fingerprint density at radius 2 is 1.85 bits per heavy atom. The van der Waals surface area contributed by atoms with Crippen LogP contribution in [-0.2, 0) is 11.2 Å². The number of fused-ring (bicyclic) bond motifs is 1. The van der Waals surface area contributed by atoms with Gasteiger partial charge in [-0.1, -0.05) is 49.0 Å². The molecule has 1 saturated heterocycles. The number of carbonyl (C=O) groups is 2. The molecule has 5 rings (SSSR count). The van der Waals surface area contributed by atoms with E-state index in [1.54, 1.807) is 42.5 Å². The number of rotatable bonds is 11. The molecule has 0 aliphatic carbocycles. The van der Waals surface area contributed by atoms with Crippen molar-refractivity contribution in [2.45, 2.75) is 31.8 Å². The van der Waals surface area contributed by atoms with E-state index in [0.717, 1.165) is 32.0 Å².